The molecule has 1 rings (SSSR count). The number of aromatic hydroxyl groups is 1. The Labute approximate surface area is 188 Å². The highest BCUT2D eigenvalue weighted by molar-refractivity contribution is 5.74. The summed E-state index contributed by atoms with van der Waals surface area (Å²) in [7, 11) is 0. The van der Waals surface area contributed by atoms with Crippen LogP contribution in [0, 0.1) is 0 Å². The van der Waals surface area contributed by atoms with E-state index in [2.05, 4.69) is 11.5 Å². The van der Waals surface area contributed by atoms with E-state index in [1.807, 2.05) is 0 Å². The van der Waals surface area contributed by atoms with Gasteiger partial charge in [-0.25, -0.2) is 0 Å². The van der Waals surface area contributed by atoms with Gasteiger partial charge >= 0.3 is 29.8 Å². The van der Waals surface area contributed by atoms with Gasteiger partial charge in [-0.15, -0.1) is 0 Å². The van der Waals surface area contributed by atoms with Gasteiger partial charge in [0, 0.05) is 6.42 Å². The normalized spacial score (nSPS) is 10.9. The van der Waals surface area contributed by atoms with E-state index >= 15 is 0 Å². The zero-order chi connectivity index (χ0) is 26.6. The summed E-state index contributed by atoms with van der Waals surface area (Å²) >= 11 is 0. The summed E-state index contributed by atoms with van der Waals surface area (Å²) in [6, 6.07) is 4.37. The van der Waals surface area contributed by atoms with Crippen LogP contribution >= 0.6 is 0 Å². The van der Waals surface area contributed by atoms with Gasteiger partial charge in [0.1, 0.15) is 17.8 Å². The predicted octanol–water partition coefficient (Wildman–Crippen LogP) is -2.33. The van der Waals surface area contributed by atoms with E-state index in [-0.39, 0.29) is 38.1 Å². The molecule has 0 radical (unpaired) electrons. The summed E-state index contributed by atoms with van der Waals surface area (Å²) < 4.78 is 0. The number of hydrogen-bond donors (Lipinski definition) is 10. The van der Waals surface area contributed by atoms with E-state index in [9.17, 15) is 24.0 Å². The molecule has 0 saturated heterocycles. The zero-order valence-electron chi connectivity index (χ0n) is 17.5. The number of aliphatic carboxylic acids is 5. The summed E-state index contributed by atoms with van der Waals surface area (Å²) in [6.45, 7) is -0.556. The van der Waals surface area contributed by atoms with E-state index in [0.717, 1.165) is 5.56 Å². The monoisotopic (exact) mass is 478 g/mol. The molecular formula is C18H30N4O11. The minimum atomic E-state index is -1.17. The molecule has 15 nitrogen and oxygen atoms in total. The van der Waals surface area contributed by atoms with Crippen LogP contribution in [-0.2, 0) is 30.4 Å². The minimum Gasteiger partial charge on any atom is -0.508 e. The molecule has 15 heteroatoms. The van der Waals surface area contributed by atoms with Crippen molar-refractivity contribution in [2.24, 2.45) is 22.9 Å². The Balaban J connectivity index is -0.000000398. The largest absolute Gasteiger partial charge is 0.508 e. The van der Waals surface area contributed by atoms with Gasteiger partial charge in [-0.05, 0) is 30.5 Å². The number of carboxylic acids is 5. The van der Waals surface area contributed by atoms with Gasteiger partial charge in [-0.3, -0.25) is 24.0 Å². The Kier molecular flexibility index (Phi) is 20.6. The molecule has 0 aliphatic rings. The smallest absolute Gasteiger partial charge is 0.320 e. The molecule has 0 spiro atoms. The number of benzene rings is 1. The van der Waals surface area contributed by atoms with E-state index < -0.39 is 41.9 Å². The van der Waals surface area contributed by atoms with Crippen molar-refractivity contribution in [1.29, 1.82) is 0 Å². The second-order valence-corrected chi connectivity index (χ2v) is 5.89. The first-order valence-electron chi connectivity index (χ1n) is 8.97. The van der Waals surface area contributed by atoms with Crippen LogP contribution in [-0.4, -0.2) is 85.7 Å². The standard InChI is InChI=1S/C9H11NO3.C5H9NO4.2C2H5NO2/c10-8(9(12)13)5-6-1-3-7(11)4-2-6;6-3(5(9)10)1-2-4(7)8;2*3-1-2(4)5/h1-4,8,11H,5,10H2,(H,12,13);3H,1-2,6H2,(H,7,8)(H,9,10);2*1,3H2,(H,4,5)/t8-;3-;;/m00../s1. The van der Waals surface area contributed by atoms with Crippen molar-refractivity contribution in [3.05, 3.63) is 29.8 Å². The number of rotatable bonds is 9. The molecule has 0 unspecified atom stereocenters. The molecule has 1 aromatic rings. The second kappa shape index (κ2) is 20.1. The van der Waals surface area contributed by atoms with Crippen LogP contribution in [0.3, 0.4) is 0 Å². The van der Waals surface area contributed by atoms with Gasteiger partial charge in [0.2, 0.25) is 0 Å². The topological polar surface area (TPSA) is 311 Å². The summed E-state index contributed by atoms with van der Waals surface area (Å²) in [5.74, 6) is -4.99. The van der Waals surface area contributed by atoms with Crippen LogP contribution in [0.4, 0.5) is 0 Å². The van der Waals surface area contributed by atoms with Gasteiger partial charge in [-0.1, -0.05) is 12.1 Å². The summed E-state index contributed by atoms with van der Waals surface area (Å²) in [5, 5.41) is 48.9. The Bertz CT molecular complexity index is 727. The minimum absolute atomic E-state index is 0.0231. The molecule has 2 atom stereocenters. The molecule has 1 aromatic carbocycles. The third kappa shape index (κ3) is 26.2. The maximum Gasteiger partial charge on any atom is 0.320 e. The second-order valence-electron chi connectivity index (χ2n) is 5.89. The molecule has 0 aliphatic heterocycles. The van der Waals surface area contributed by atoms with Crippen LogP contribution < -0.4 is 22.9 Å². The lowest BCUT2D eigenvalue weighted by molar-refractivity contribution is -0.140. The van der Waals surface area contributed by atoms with E-state index in [4.69, 9.17) is 42.1 Å². The van der Waals surface area contributed by atoms with Crippen LogP contribution in [0.5, 0.6) is 5.75 Å². The lowest BCUT2D eigenvalue weighted by Crippen LogP contribution is -2.32. The number of phenolic OH excluding ortho intramolecular Hbond substituents is 1. The van der Waals surface area contributed by atoms with Crippen LogP contribution in [0.15, 0.2) is 24.3 Å². The van der Waals surface area contributed by atoms with E-state index in [1.165, 1.54) is 12.1 Å². The summed E-state index contributed by atoms with van der Waals surface area (Å²) in [6.07, 6.45) is 0.0494. The van der Waals surface area contributed by atoms with Gasteiger partial charge in [-0.2, -0.15) is 0 Å². The molecule has 0 aromatic heterocycles. The quantitative estimate of drug-likeness (QED) is 0.178. The third-order valence-corrected chi connectivity index (χ3v) is 3.04. The number of hydrogen-bond acceptors (Lipinski definition) is 10. The van der Waals surface area contributed by atoms with Crippen molar-refractivity contribution in [1.82, 2.24) is 0 Å². The first kappa shape index (κ1) is 33.8. The Morgan fingerprint density at radius 3 is 1.33 bits per heavy atom. The van der Waals surface area contributed by atoms with Gasteiger partial charge < -0.3 is 53.6 Å². The molecule has 0 bridgehead atoms. The molecule has 0 fully saturated rings. The number of carboxylic acid groups (broad SMARTS) is 5. The zero-order valence-corrected chi connectivity index (χ0v) is 17.5. The van der Waals surface area contributed by atoms with Gasteiger partial charge in [0.15, 0.2) is 0 Å². The number of phenols is 1. The van der Waals surface area contributed by atoms with Crippen molar-refractivity contribution in [2.75, 3.05) is 13.1 Å². The Hall–Kier alpha value is -3.79. The van der Waals surface area contributed by atoms with E-state index in [0.29, 0.717) is 0 Å². The van der Waals surface area contributed by atoms with Crippen LogP contribution in [0.25, 0.3) is 0 Å². The fraction of sp³-hybridized carbons (Fsp3) is 0.389. The molecule has 0 saturated carbocycles. The first-order chi connectivity index (χ1) is 15.2. The van der Waals surface area contributed by atoms with Crippen molar-refractivity contribution >= 4 is 29.8 Å². The summed E-state index contributed by atoms with van der Waals surface area (Å²) in [5.41, 5.74) is 20.3. The van der Waals surface area contributed by atoms with Crippen molar-refractivity contribution in [2.45, 2.75) is 31.3 Å². The lowest BCUT2D eigenvalue weighted by atomic mass is 10.1. The predicted molar refractivity (Wildman–Crippen MR) is 113 cm³/mol. The fourth-order valence-corrected chi connectivity index (χ4v) is 1.38. The average molecular weight is 478 g/mol. The van der Waals surface area contributed by atoms with Crippen LogP contribution in [0.1, 0.15) is 18.4 Å². The highest BCUT2D eigenvalue weighted by atomic mass is 16.4. The number of carbonyl (C=O) groups is 5. The molecule has 0 amide bonds. The van der Waals surface area contributed by atoms with Crippen molar-refractivity contribution in [3.8, 4) is 5.75 Å². The maximum atomic E-state index is 10.4. The van der Waals surface area contributed by atoms with Gasteiger partial charge in [0.25, 0.3) is 0 Å². The van der Waals surface area contributed by atoms with E-state index in [1.54, 1.807) is 12.1 Å². The molecule has 14 N–H and O–H groups in total. The van der Waals surface area contributed by atoms with Crippen molar-refractivity contribution < 1.29 is 54.6 Å². The lowest BCUT2D eigenvalue weighted by Gasteiger charge is -2.05. The molecule has 0 aliphatic carbocycles. The maximum absolute atomic E-state index is 10.4. The molecule has 0 heterocycles. The van der Waals surface area contributed by atoms with Crippen LogP contribution in [0.2, 0.25) is 0 Å². The SMILES string of the molecule is NCC(=O)O.NCC(=O)O.N[C@@H](CCC(=O)O)C(=O)O.N[C@@H](Cc1ccc(O)cc1)C(=O)O. The van der Waals surface area contributed by atoms with Crippen molar-refractivity contribution in [3.63, 3.8) is 0 Å². The molecule has 188 valence electrons. The van der Waals surface area contributed by atoms with Gasteiger partial charge in [0.05, 0.1) is 13.1 Å². The Morgan fingerprint density at radius 2 is 1.06 bits per heavy atom. The molecule has 33 heavy (non-hydrogen) atoms. The number of nitrogens with two attached hydrogens (primary N) is 4. The molecular weight excluding hydrogens is 448 g/mol. The highest BCUT2D eigenvalue weighted by Crippen LogP contribution is 2.10. The third-order valence-electron chi connectivity index (χ3n) is 3.04. The summed E-state index contributed by atoms with van der Waals surface area (Å²) in [4.78, 5) is 48.8. The highest BCUT2D eigenvalue weighted by Gasteiger charge is 2.12. The Morgan fingerprint density at radius 1 is 0.697 bits per heavy atom. The first-order valence-corrected chi connectivity index (χ1v) is 8.97. The average Bonchev–Trinajstić information content (AvgIpc) is 2.74. The fourth-order valence-electron chi connectivity index (χ4n) is 1.38.